The zero-order valence-corrected chi connectivity index (χ0v) is 12.0. The largest absolute Gasteiger partial charge is 0.333 e. The van der Waals surface area contributed by atoms with Gasteiger partial charge in [-0.15, -0.1) is 0 Å². The number of nitrogens with one attached hydrogen (secondary N) is 1. The van der Waals surface area contributed by atoms with Crippen LogP contribution in [0.3, 0.4) is 0 Å². The molecular weight excluding hydrogens is 236 g/mol. The number of nitrogens with zero attached hydrogens (tertiary/aromatic N) is 3. The van der Waals surface area contributed by atoms with E-state index in [1.807, 2.05) is 6.33 Å². The summed E-state index contributed by atoms with van der Waals surface area (Å²) in [6.07, 6.45) is 9.43. The number of aromatic nitrogens is 2. The Morgan fingerprint density at radius 3 is 2.95 bits per heavy atom. The van der Waals surface area contributed by atoms with Crippen molar-refractivity contribution in [3.63, 3.8) is 0 Å². The van der Waals surface area contributed by atoms with Gasteiger partial charge < -0.3 is 9.88 Å². The third kappa shape index (κ3) is 3.00. The van der Waals surface area contributed by atoms with E-state index in [9.17, 15) is 0 Å². The van der Waals surface area contributed by atoms with Crippen LogP contribution < -0.4 is 5.32 Å². The van der Waals surface area contributed by atoms with E-state index >= 15 is 0 Å². The second-order valence-electron chi connectivity index (χ2n) is 6.11. The van der Waals surface area contributed by atoms with E-state index in [0.29, 0.717) is 12.0 Å². The van der Waals surface area contributed by atoms with Gasteiger partial charge in [0, 0.05) is 36.9 Å². The summed E-state index contributed by atoms with van der Waals surface area (Å²) in [5.41, 5.74) is 1.43. The predicted molar refractivity (Wildman–Crippen MR) is 77.3 cm³/mol. The molecule has 2 unspecified atom stereocenters. The summed E-state index contributed by atoms with van der Waals surface area (Å²) in [5.74, 6) is 0.655. The first-order valence-electron chi connectivity index (χ1n) is 7.79. The van der Waals surface area contributed by atoms with Crippen LogP contribution in [-0.2, 0) is 6.54 Å². The number of piperidine rings is 1. The molecule has 0 saturated carbocycles. The minimum absolute atomic E-state index is 0.631. The molecule has 3 rings (SSSR count). The molecule has 106 valence electrons. The predicted octanol–water partition coefficient (Wildman–Crippen LogP) is 1.83. The van der Waals surface area contributed by atoms with E-state index in [4.69, 9.17) is 0 Å². The second-order valence-corrected chi connectivity index (χ2v) is 6.11. The Balaban J connectivity index is 1.65. The van der Waals surface area contributed by atoms with Crippen molar-refractivity contribution in [2.75, 3.05) is 26.2 Å². The van der Waals surface area contributed by atoms with Gasteiger partial charge in [0.1, 0.15) is 0 Å². The quantitative estimate of drug-likeness (QED) is 0.899. The van der Waals surface area contributed by atoms with Crippen LogP contribution in [0.4, 0.5) is 0 Å². The third-order valence-corrected chi connectivity index (χ3v) is 4.68. The molecule has 2 saturated heterocycles. The molecule has 0 radical (unpaired) electrons. The maximum absolute atomic E-state index is 4.39. The zero-order valence-electron chi connectivity index (χ0n) is 12.0. The number of hydrogen-bond acceptors (Lipinski definition) is 3. The molecule has 0 amide bonds. The second kappa shape index (κ2) is 6.06. The zero-order chi connectivity index (χ0) is 13.1. The van der Waals surface area contributed by atoms with E-state index in [0.717, 1.165) is 13.1 Å². The summed E-state index contributed by atoms with van der Waals surface area (Å²) < 4.78 is 2.39. The molecule has 2 aliphatic heterocycles. The van der Waals surface area contributed by atoms with Gasteiger partial charge in [-0.1, -0.05) is 0 Å². The van der Waals surface area contributed by atoms with Crippen LogP contribution in [0.2, 0.25) is 0 Å². The normalized spacial score (nSPS) is 26.7. The molecule has 0 spiro atoms. The topological polar surface area (TPSA) is 33.1 Å². The fourth-order valence-corrected chi connectivity index (χ4v) is 3.51. The Hall–Kier alpha value is -0.870. The average Bonchev–Trinajstić information content (AvgIpc) is 3.11. The highest BCUT2D eigenvalue weighted by Gasteiger charge is 2.22. The van der Waals surface area contributed by atoms with Crippen LogP contribution in [0, 0.1) is 0 Å². The van der Waals surface area contributed by atoms with E-state index in [-0.39, 0.29) is 0 Å². The van der Waals surface area contributed by atoms with E-state index in [2.05, 4.69) is 32.9 Å². The lowest BCUT2D eigenvalue weighted by atomic mass is 9.96. The molecule has 2 atom stereocenters. The average molecular weight is 262 g/mol. The summed E-state index contributed by atoms with van der Waals surface area (Å²) in [4.78, 5) is 7.01. The van der Waals surface area contributed by atoms with Crippen LogP contribution in [0.15, 0.2) is 12.5 Å². The highest BCUT2D eigenvalue weighted by Crippen LogP contribution is 2.23. The molecule has 4 nitrogen and oxygen atoms in total. The number of likely N-dealkylation sites (tertiary alicyclic amines) is 1. The SMILES string of the molecule is CC(Cn1cncc1C1CCCNC1)N1CCCC1. The Kier molecular flexibility index (Phi) is 4.18. The smallest absolute Gasteiger partial charge is 0.0948 e. The first-order valence-corrected chi connectivity index (χ1v) is 7.79. The molecule has 19 heavy (non-hydrogen) atoms. The number of hydrogen-bond donors (Lipinski definition) is 1. The fourth-order valence-electron chi connectivity index (χ4n) is 3.51. The van der Waals surface area contributed by atoms with Crippen molar-refractivity contribution in [1.29, 1.82) is 0 Å². The summed E-state index contributed by atoms with van der Waals surface area (Å²) in [6, 6.07) is 0.631. The Morgan fingerprint density at radius 2 is 2.21 bits per heavy atom. The van der Waals surface area contributed by atoms with Crippen molar-refractivity contribution in [3.8, 4) is 0 Å². The third-order valence-electron chi connectivity index (χ3n) is 4.68. The van der Waals surface area contributed by atoms with Gasteiger partial charge in [-0.3, -0.25) is 4.90 Å². The lowest BCUT2D eigenvalue weighted by Crippen LogP contribution is -2.35. The molecular formula is C15H26N4. The van der Waals surface area contributed by atoms with Gasteiger partial charge in [0.2, 0.25) is 0 Å². The summed E-state index contributed by atoms with van der Waals surface area (Å²) in [6.45, 7) is 8.28. The molecule has 3 heterocycles. The van der Waals surface area contributed by atoms with E-state index in [1.165, 1.54) is 51.0 Å². The van der Waals surface area contributed by atoms with Crippen LogP contribution >= 0.6 is 0 Å². The van der Waals surface area contributed by atoms with Gasteiger partial charge in [0.15, 0.2) is 0 Å². The maximum atomic E-state index is 4.39. The Morgan fingerprint density at radius 1 is 1.37 bits per heavy atom. The van der Waals surface area contributed by atoms with Crippen molar-refractivity contribution >= 4 is 0 Å². The molecule has 0 aliphatic carbocycles. The Bertz CT molecular complexity index is 389. The van der Waals surface area contributed by atoms with Crippen molar-refractivity contribution in [3.05, 3.63) is 18.2 Å². The lowest BCUT2D eigenvalue weighted by molar-refractivity contribution is 0.233. The first-order chi connectivity index (χ1) is 9.34. The van der Waals surface area contributed by atoms with Gasteiger partial charge in [0.25, 0.3) is 0 Å². The maximum Gasteiger partial charge on any atom is 0.0948 e. The summed E-state index contributed by atoms with van der Waals surface area (Å²) in [5, 5.41) is 3.51. The van der Waals surface area contributed by atoms with Gasteiger partial charge in [-0.05, 0) is 52.2 Å². The standard InChI is InChI=1S/C15H26N4/c1-13(18-7-2-3-8-18)11-19-12-17-10-15(19)14-5-4-6-16-9-14/h10,12-14,16H,2-9,11H2,1H3. The fraction of sp³-hybridized carbons (Fsp3) is 0.800. The van der Waals surface area contributed by atoms with E-state index in [1.54, 1.807) is 0 Å². The molecule has 0 aromatic carbocycles. The first kappa shape index (κ1) is 13.1. The highest BCUT2D eigenvalue weighted by molar-refractivity contribution is 5.08. The summed E-state index contributed by atoms with van der Waals surface area (Å²) in [7, 11) is 0. The van der Waals surface area contributed by atoms with Crippen molar-refractivity contribution in [2.24, 2.45) is 0 Å². The molecule has 0 bridgehead atoms. The minimum Gasteiger partial charge on any atom is -0.333 e. The van der Waals surface area contributed by atoms with Crippen LogP contribution in [0.25, 0.3) is 0 Å². The van der Waals surface area contributed by atoms with Crippen LogP contribution in [0.5, 0.6) is 0 Å². The number of rotatable bonds is 4. The van der Waals surface area contributed by atoms with Crippen LogP contribution in [0.1, 0.15) is 44.2 Å². The van der Waals surface area contributed by atoms with Gasteiger partial charge in [-0.2, -0.15) is 0 Å². The van der Waals surface area contributed by atoms with E-state index < -0.39 is 0 Å². The molecule has 1 aromatic heterocycles. The molecule has 1 aromatic rings. The molecule has 2 aliphatic rings. The molecule has 2 fully saturated rings. The lowest BCUT2D eigenvalue weighted by Gasteiger charge is -2.27. The number of imidazole rings is 1. The van der Waals surface area contributed by atoms with Crippen molar-refractivity contribution < 1.29 is 0 Å². The van der Waals surface area contributed by atoms with Crippen molar-refractivity contribution in [1.82, 2.24) is 19.8 Å². The monoisotopic (exact) mass is 262 g/mol. The van der Waals surface area contributed by atoms with Gasteiger partial charge in [-0.25, -0.2) is 4.98 Å². The molecule has 4 heteroatoms. The highest BCUT2D eigenvalue weighted by atomic mass is 15.2. The van der Waals surface area contributed by atoms with Gasteiger partial charge in [0.05, 0.1) is 6.33 Å². The molecule has 1 N–H and O–H groups in total. The van der Waals surface area contributed by atoms with Crippen LogP contribution in [-0.4, -0.2) is 46.7 Å². The Labute approximate surface area is 116 Å². The summed E-state index contributed by atoms with van der Waals surface area (Å²) >= 11 is 0. The van der Waals surface area contributed by atoms with Gasteiger partial charge >= 0.3 is 0 Å². The minimum atomic E-state index is 0.631. The van der Waals surface area contributed by atoms with Crippen molar-refractivity contribution in [2.45, 2.75) is 51.1 Å².